The van der Waals surface area contributed by atoms with Crippen molar-refractivity contribution in [2.45, 2.75) is 63.6 Å². The van der Waals surface area contributed by atoms with Crippen LogP contribution in [0.15, 0.2) is 127 Å². The Labute approximate surface area is 335 Å². The number of nitrogens with one attached hydrogen (secondary N) is 3. The molecule has 4 bridgehead atoms. The molecule has 10 heteroatoms. The van der Waals surface area contributed by atoms with E-state index < -0.39 is 24.1 Å². The first-order valence-corrected chi connectivity index (χ1v) is 19.5. The predicted molar refractivity (Wildman–Crippen MR) is 222 cm³/mol. The summed E-state index contributed by atoms with van der Waals surface area (Å²) >= 11 is 0. The topological polar surface area (TPSA) is 118 Å². The van der Waals surface area contributed by atoms with Crippen molar-refractivity contribution in [3.63, 3.8) is 0 Å². The van der Waals surface area contributed by atoms with E-state index in [1.165, 1.54) is 4.90 Å². The van der Waals surface area contributed by atoms with Crippen molar-refractivity contribution in [3.05, 3.63) is 155 Å². The van der Waals surface area contributed by atoms with E-state index in [9.17, 15) is 14.4 Å². The molecular formula is C47H52N4O6. The van der Waals surface area contributed by atoms with E-state index in [4.69, 9.17) is 14.2 Å². The molecule has 0 fully saturated rings. The fourth-order valence-electron chi connectivity index (χ4n) is 6.96. The van der Waals surface area contributed by atoms with Crippen LogP contribution in [0, 0.1) is 0 Å². The first-order chi connectivity index (χ1) is 27.8. The second-order valence-corrected chi connectivity index (χ2v) is 14.3. The summed E-state index contributed by atoms with van der Waals surface area (Å²) in [5.74, 6) is -0.0324. The van der Waals surface area contributed by atoms with Crippen LogP contribution in [0.25, 0.3) is 11.1 Å². The second-order valence-electron chi connectivity index (χ2n) is 14.3. The van der Waals surface area contributed by atoms with Crippen LogP contribution in [0.1, 0.15) is 40.7 Å². The summed E-state index contributed by atoms with van der Waals surface area (Å²) in [7, 11) is 5.18. The number of rotatable bonds is 14. The lowest BCUT2D eigenvalue weighted by Crippen LogP contribution is -2.56. The number of esters is 1. The zero-order chi connectivity index (χ0) is 40.0. The van der Waals surface area contributed by atoms with Crippen molar-refractivity contribution < 1.29 is 28.6 Å². The lowest BCUT2D eigenvalue weighted by molar-refractivity contribution is -0.156. The van der Waals surface area contributed by atoms with Crippen LogP contribution in [0.3, 0.4) is 0 Å². The highest BCUT2D eigenvalue weighted by Crippen LogP contribution is 2.33. The fourth-order valence-corrected chi connectivity index (χ4v) is 6.96. The third kappa shape index (κ3) is 11.1. The largest absolute Gasteiger partial charge is 0.489 e. The average Bonchev–Trinajstić information content (AvgIpc) is 3.25. The third-order valence-corrected chi connectivity index (χ3v) is 10.3. The fraction of sp³-hybridized carbons (Fsp3) is 0.298. The number of nitrogens with zero attached hydrogens (tertiary/aromatic N) is 1. The smallest absolute Gasteiger partial charge is 0.329 e. The van der Waals surface area contributed by atoms with Gasteiger partial charge in [-0.1, -0.05) is 103 Å². The molecule has 1 aliphatic rings. The van der Waals surface area contributed by atoms with Crippen molar-refractivity contribution in [3.8, 4) is 22.6 Å². The Morgan fingerprint density at radius 3 is 1.72 bits per heavy atom. The molecule has 5 aromatic rings. The number of amides is 2. The minimum atomic E-state index is -1.03. The maximum absolute atomic E-state index is 14.6. The molecule has 2 amide bonds. The van der Waals surface area contributed by atoms with Gasteiger partial charge in [0.2, 0.25) is 11.8 Å². The Hall–Kier alpha value is -5.97. The molecule has 296 valence electrons. The molecule has 57 heavy (non-hydrogen) atoms. The van der Waals surface area contributed by atoms with Gasteiger partial charge in [-0.05, 0) is 96.7 Å². The molecule has 0 saturated heterocycles. The number of hydrogen-bond donors (Lipinski definition) is 3. The number of benzene rings is 5. The first-order valence-electron chi connectivity index (χ1n) is 19.5. The number of ether oxygens (including phenoxy) is 3. The zero-order valence-corrected chi connectivity index (χ0v) is 32.9. The SMILES string of the molecule is CNCCC[C@@H]1NC(=O)C(NC)Cc2cc(ccc2OCc2ccccc2)-c2ccc(OCc3ccccc3)c(c2)CC(C(=O)OCc2ccccc2)N(C)C1=O. The number of carbonyl (C=O) groups excluding carboxylic acids is 3. The summed E-state index contributed by atoms with van der Waals surface area (Å²) < 4.78 is 18.7. The van der Waals surface area contributed by atoms with Gasteiger partial charge in [0.25, 0.3) is 0 Å². The summed E-state index contributed by atoms with van der Waals surface area (Å²) in [6.07, 6.45) is 1.38. The van der Waals surface area contributed by atoms with Crippen LogP contribution in [0.4, 0.5) is 0 Å². The second kappa shape index (κ2) is 20.3. The van der Waals surface area contributed by atoms with Crippen molar-refractivity contribution in [2.24, 2.45) is 0 Å². The maximum Gasteiger partial charge on any atom is 0.329 e. The molecule has 1 aliphatic heterocycles. The van der Waals surface area contributed by atoms with Crippen LogP contribution >= 0.6 is 0 Å². The van der Waals surface area contributed by atoms with E-state index in [1.807, 2.05) is 128 Å². The molecule has 10 nitrogen and oxygen atoms in total. The van der Waals surface area contributed by atoms with Gasteiger partial charge in [0.1, 0.15) is 43.4 Å². The predicted octanol–water partition coefficient (Wildman–Crippen LogP) is 6.25. The highest BCUT2D eigenvalue weighted by Gasteiger charge is 2.35. The molecule has 0 aliphatic carbocycles. The molecule has 0 saturated carbocycles. The zero-order valence-electron chi connectivity index (χ0n) is 32.9. The summed E-state index contributed by atoms with van der Waals surface area (Å²) in [5, 5.41) is 9.35. The summed E-state index contributed by atoms with van der Waals surface area (Å²) in [6.45, 7) is 1.36. The number of fused-ring (bicyclic) bond motifs is 5. The number of likely N-dealkylation sites (N-methyl/N-ethyl adjacent to an activating group) is 2. The van der Waals surface area contributed by atoms with Gasteiger partial charge in [0.15, 0.2) is 0 Å². The van der Waals surface area contributed by atoms with E-state index in [1.54, 1.807) is 14.1 Å². The summed E-state index contributed by atoms with van der Waals surface area (Å²) in [6, 6.07) is 38.5. The summed E-state index contributed by atoms with van der Waals surface area (Å²) in [5.41, 5.74) is 6.18. The monoisotopic (exact) mass is 768 g/mol. The van der Waals surface area contributed by atoms with Crippen LogP contribution in [-0.2, 0) is 51.8 Å². The lowest BCUT2D eigenvalue weighted by Gasteiger charge is -2.31. The molecule has 0 spiro atoms. The molecule has 5 aromatic carbocycles. The number of hydrogen-bond acceptors (Lipinski definition) is 8. The Morgan fingerprint density at radius 2 is 1.21 bits per heavy atom. The van der Waals surface area contributed by atoms with E-state index in [0.717, 1.165) is 38.9 Å². The van der Waals surface area contributed by atoms with Crippen LogP contribution in [0.5, 0.6) is 11.5 Å². The molecule has 3 atom stereocenters. The Balaban J connectivity index is 1.43. The Kier molecular flexibility index (Phi) is 14.5. The lowest BCUT2D eigenvalue weighted by atomic mass is 9.95. The van der Waals surface area contributed by atoms with Crippen molar-refractivity contribution in [1.82, 2.24) is 20.9 Å². The quantitative estimate of drug-likeness (QED) is 0.0897. The third-order valence-electron chi connectivity index (χ3n) is 10.3. The van der Waals surface area contributed by atoms with Gasteiger partial charge < -0.3 is 35.1 Å². The number of carbonyl (C=O) groups is 3. The van der Waals surface area contributed by atoms with E-state index >= 15 is 0 Å². The summed E-state index contributed by atoms with van der Waals surface area (Å²) in [4.78, 5) is 44.3. The molecule has 0 aromatic heterocycles. The molecule has 2 unspecified atom stereocenters. The van der Waals surface area contributed by atoms with Crippen molar-refractivity contribution >= 4 is 17.8 Å². The minimum absolute atomic E-state index is 0.0449. The Bertz CT molecular complexity index is 2080. The van der Waals surface area contributed by atoms with Gasteiger partial charge in [0, 0.05) is 19.9 Å². The van der Waals surface area contributed by atoms with Gasteiger partial charge in [-0.2, -0.15) is 0 Å². The average molecular weight is 769 g/mol. The van der Waals surface area contributed by atoms with Crippen molar-refractivity contribution in [2.75, 3.05) is 27.7 Å². The van der Waals surface area contributed by atoms with E-state index in [2.05, 4.69) is 22.0 Å². The molecule has 0 radical (unpaired) electrons. The first kappa shape index (κ1) is 40.7. The van der Waals surface area contributed by atoms with Crippen LogP contribution < -0.4 is 25.4 Å². The van der Waals surface area contributed by atoms with Gasteiger partial charge in [-0.25, -0.2) is 4.79 Å². The van der Waals surface area contributed by atoms with Gasteiger partial charge in [-0.3, -0.25) is 9.59 Å². The van der Waals surface area contributed by atoms with Gasteiger partial charge >= 0.3 is 5.97 Å². The highest BCUT2D eigenvalue weighted by molar-refractivity contribution is 5.92. The normalized spacial score (nSPS) is 17.2. The molecule has 6 rings (SSSR count). The van der Waals surface area contributed by atoms with Crippen LogP contribution in [-0.4, -0.2) is 68.5 Å². The van der Waals surface area contributed by atoms with E-state index in [0.29, 0.717) is 50.5 Å². The van der Waals surface area contributed by atoms with Crippen molar-refractivity contribution in [1.29, 1.82) is 0 Å². The molecule has 3 N–H and O–H groups in total. The molecular weight excluding hydrogens is 717 g/mol. The minimum Gasteiger partial charge on any atom is -0.489 e. The van der Waals surface area contributed by atoms with E-state index in [-0.39, 0.29) is 24.8 Å². The van der Waals surface area contributed by atoms with Crippen LogP contribution in [0.2, 0.25) is 0 Å². The Morgan fingerprint density at radius 1 is 0.702 bits per heavy atom. The maximum atomic E-state index is 14.6. The van der Waals surface area contributed by atoms with Gasteiger partial charge in [-0.15, -0.1) is 0 Å². The standard InChI is InChI=1S/C47H52N4O6/c1-48-25-13-20-40-46(53)51(3)42(47(54)57-32-35-18-11-6-12-19-35)29-39-27-37(22-24-44(39)56-31-34-16-9-5-10-17-34)36-21-23-43(55-30-33-14-7-4-8-15-33)38(26-36)28-41(49-2)45(52)50-40/h4-12,14-19,21-24,26-27,40-42,48-49H,13,20,25,28-32H2,1-3H3,(H,50,52)/t40-,41?,42?/m0/s1. The molecule has 1 heterocycles. The highest BCUT2D eigenvalue weighted by atomic mass is 16.5. The van der Waals surface area contributed by atoms with Gasteiger partial charge in [0.05, 0.1) is 6.04 Å².